The Morgan fingerprint density at radius 1 is 0.394 bits per heavy atom. The summed E-state index contributed by atoms with van der Waals surface area (Å²) >= 11 is 0. The fraction of sp³-hybridized carbons (Fsp3) is 1.00. The largest absolute Gasteiger partial charge is 0.615 e. The molecular weight excluding hydrogens is 521 g/mol. The predicted molar refractivity (Wildman–Crippen MR) is 71.4 cm³/mol. The van der Waals surface area contributed by atoms with E-state index in [0.29, 0.717) is 0 Å². The van der Waals surface area contributed by atoms with Gasteiger partial charge in [0.15, 0.2) is 0 Å². The van der Waals surface area contributed by atoms with E-state index in [0.717, 1.165) is 0 Å². The molecule has 1 rings (SSSR count). The SMILES string of the molecule is FC(F)(F)C(F)(F)COB1OB(OCC(F)(F)C(F)(F)F)OB(OCC(F)(F)C(F)(F)F)O1. The first-order valence-corrected chi connectivity index (χ1v) is 7.63. The number of rotatable bonds is 9. The van der Waals surface area contributed by atoms with E-state index in [1.54, 1.807) is 0 Å². The van der Waals surface area contributed by atoms with Crippen molar-refractivity contribution in [3.8, 4) is 0 Å². The Bertz CT molecular complexity index is 548. The molecule has 1 heterocycles. The van der Waals surface area contributed by atoms with Crippen LogP contribution >= 0.6 is 0 Å². The average molecular weight is 528 g/mol. The quantitative estimate of drug-likeness (QED) is 0.337. The molecule has 0 unspecified atom stereocenters. The highest BCUT2D eigenvalue weighted by Crippen LogP contribution is 2.38. The molecule has 0 amide bonds. The second-order valence-electron chi connectivity index (χ2n) is 5.81. The van der Waals surface area contributed by atoms with Crippen LogP contribution in [0.1, 0.15) is 0 Å². The normalized spacial score (nSPS) is 17.7. The van der Waals surface area contributed by atoms with Gasteiger partial charge in [0.2, 0.25) is 0 Å². The van der Waals surface area contributed by atoms with E-state index in [1.807, 2.05) is 0 Å². The molecule has 6 nitrogen and oxygen atoms in total. The van der Waals surface area contributed by atoms with Crippen molar-refractivity contribution < 1.29 is 93.5 Å². The van der Waals surface area contributed by atoms with E-state index in [9.17, 15) is 65.9 Å². The van der Waals surface area contributed by atoms with Gasteiger partial charge in [0.1, 0.15) is 19.8 Å². The maximum absolute atomic E-state index is 12.8. The molecule has 1 aliphatic heterocycles. The zero-order valence-electron chi connectivity index (χ0n) is 15.0. The number of hydrogen-bond acceptors (Lipinski definition) is 6. The molecule has 192 valence electrons. The zero-order valence-corrected chi connectivity index (χ0v) is 15.0. The second-order valence-corrected chi connectivity index (χ2v) is 5.81. The summed E-state index contributed by atoms with van der Waals surface area (Å²) in [6.45, 7) is -7.96. The molecule has 0 radical (unpaired) electrons. The maximum Gasteiger partial charge on any atom is 0.615 e. The highest BCUT2D eigenvalue weighted by Gasteiger charge is 2.62. The average Bonchev–Trinajstić information content (AvgIpc) is 2.60. The van der Waals surface area contributed by atoms with Crippen molar-refractivity contribution in [2.24, 2.45) is 0 Å². The van der Waals surface area contributed by atoms with Crippen molar-refractivity contribution in [3.63, 3.8) is 0 Å². The van der Waals surface area contributed by atoms with Crippen LogP contribution in [0.4, 0.5) is 65.9 Å². The Hall–Kier alpha value is -1.10. The van der Waals surface area contributed by atoms with Crippen LogP contribution in [-0.4, -0.2) is 78.1 Å². The minimum Gasteiger partial charge on any atom is -0.400 e. The summed E-state index contributed by atoms with van der Waals surface area (Å²) in [6.07, 6.45) is -18.7. The Morgan fingerprint density at radius 2 is 0.576 bits per heavy atom. The third kappa shape index (κ3) is 8.26. The van der Waals surface area contributed by atoms with Gasteiger partial charge in [-0.1, -0.05) is 0 Å². The van der Waals surface area contributed by atoms with E-state index in [1.165, 1.54) is 0 Å². The zero-order chi connectivity index (χ0) is 26.1. The lowest BCUT2D eigenvalue weighted by atomic mass is 9.96. The molecule has 0 aromatic rings. The molecular formula is C9H6B3F15O6. The van der Waals surface area contributed by atoms with E-state index >= 15 is 0 Å². The van der Waals surface area contributed by atoms with Crippen LogP contribution in [0.25, 0.3) is 0 Å². The van der Waals surface area contributed by atoms with Gasteiger partial charge < -0.3 is 27.7 Å². The van der Waals surface area contributed by atoms with Gasteiger partial charge in [-0.05, 0) is 0 Å². The smallest absolute Gasteiger partial charge is 0.400 e. The highest BCUT2D eigenvalue weighted by molar-refractivity contribution is 6.66. The van der Waals surface area contributed by atoms with Gasteiger partial charge in [0.25, 0.3) is 0 Å². The lowest BCUT2D eigenvalue weighted by Crippen LogP contribution is -2.56. The van der Waals surface area contributed by atoms with Crippen LogP contribution in [0.2, 0.25) is 0 Å². The molecule has 1 aliphatic rings. The number of halogens is 15. The summed E-state index contributed by atoms with van der Waals surface area (Å²) in [4.78, 5) is 0. The number of hydrogen-bond donors (Lipinski definition) is 0. The van der Waals surface area contributed by atoms with Gasteiger partial charge in [-0.25, -0.2) is 0 Å². The predicted octanol–water partition coefficient (Wildman–Crippen LogP) is 3.65. The third-order valence-electron chi connectivity index (χ3n) is 3.11. The molecule has 0 N–H and O–H groups in total. The van der Waals surface area contributed by atoms with Crippen molar-refractivity contribution >= 4 is 22.0 Å². The van der Waals surface area contributed by atoms with Gasteiger partial charge >= 0.3 is 58.3 Å². The Kier molecular flexibility index (Phi) is 8.96. The van der Waals surface area contributed by atoms with Crippen molar-refractivity contribution in [1.82, 2.24) is 0 Å². The van der Waals surface area contributed by atoms with Crippen LogP contribution in [0.15, 0.2) is 0 Å². The van der Waals surface area contributed by atoms with Crippen molar-refractivity contribution in [1.29, 1.82) is 0 Å². The Balaban J connectivity index is 2.90. The summed E-state index contributed by atoms with van der Waals surface area (Å²) in [5.74, 6) is -16.9. The molecule has 0 saturated carbocycles. The minimum atomic E-state index is -6.23. The molecule has 1 fully saturated rings. The van der Waals surface area contributed by atoms with E-state index in [4.69, 9.17) is 0 Å². The first kappa shape index (κ1) is 29.9. The fourth-order valence-electron chi connectivity index (χ4n) is 1.37. The summed E-state index contributed by atoms with van der Waals surface area (Å²) in [5.41, 5.74) is 0. The van der Waals surface area contributed by atoms with Gasteiger partial charge in [0.05, 0.1) is 0 Å². The van der Waals surface area contributed by atoms with E-state index in [2.05, 4.69) is 27.7 Å². The lowest BCUT2D eigenvalue weighted by Gasteiger charge is -2.31. The van der Waals surface area contributed by atoms with Crippen LogP contribution in [-0.2, 0) is 27.7 Å². The molecule has 0 aliphatic carbocycles. The monoisotopic (exact) mass is 528 g/mol. The molecule has 0 aromatic carbocycles. The first-order valence-electron chi connectivity index (χ1n) is 7.63. The Morgan fingerprint density at radius 3 is 0.727 bits per heavy atom. The van der Waals surface area contributed by atoms with Crippen LogP contribution in [0, 0.1) is 0 Å². The molecule has 0 bridgehead atoms. The molecule has 0 aromatic heterocycles. The van der Waals surface area contributed by atoms with Crippen LogP contribution < -0.4 is 0 Å². The number of alkyl halides is 15. The van der Waals surface area contributed by atoms with Gasteiger partial charge in [0, 0.05) is 0 Å². The summed E-state index contributed by atoms with van der Waals surface area (Å²) in [6, 6.07) is 0. The molecule has 0 spiro atoms. The standard InChI is InChI=1S/C9H6B3F15O6/c13-4(14,7(19,20)21)1-28-10-31-11(29-2-5(15,16)8(22,23)24)33-12(32-10)30-3-6(17,18)9(25,26)27/h1-3H2. The maximum atomic E-state index is 12.8. The van der Waals surface area contributed by atoms with Gasteiger partial charge in [-0.2, -0.15) is 65.9 Å². The molecule has 24 heteroatoms. The molecule has 0 atom stereocenters. The van der Waals surface area contributed by atoms with Gasteiger partial charge in [-0.3, -0.25) is 0 Å². The highest BCUT2D eigenvalue weighted by atomic mass is 19.4. The topological polar surface area (TPSA) is 55.4 Å². The summed E-state index contributed by atoms with van der Waals surface area (Å²) < 4.78 is 209. The van der Waals surface area contributed by atoms with Crippen LogP contribution in [0.3, 0.4) is 0 Å². The van der Waals surface area contributed by atoms with Gasteiger partial charge in [-0.15, -0.1) is 0 Å². The fourth-order valence-corrected chi connectivity index (χ4v) is 1.37. The van der Waals surface area contributed by atoms with Crippen molar-refractivity contribution in [3.05, 3.63) is 0 Å². The lowest BCUT2D eigenvalue weighted by molar-refractivity contribution is -0.294. The first-order chi connectivity index (χ1) is 14.5. The summed E-state index contributed by atoms with van der Waals surface area (Å²) in [5, 5.41) is 0. The van der Waals surface area contributed by atoms with E-state index < -0.39 is 78.1 Å². The second kappa shape index (κ2) is 9.87. The minimum absolute atomic E-state index is 2.65. The van der Waals surface area contributed by atoms with E-state index in [-0.39, 0.29) is 0 Å². The molecule has 33 heavy (non-hydrogen) atoms. The van der Waals surface area contributed by atoms with Crippen molar-refractivity contribution in [2.75, 3.05) is 19.8 Å². The Labute approximate surface area is 173 Å². The molecule has 1 saturated heterocycles. The third-order valence-corrected chi connectivity index (χ3v) is 3.11. The van der Waals surface area contributed by atoms with Crippen LogP contribution in [0.5, 0.6) is 0 Å². The van der Waals surface area contributed by atoms with Crippen molar-refractivity contribution in [2.45, 2.75) is 36.3 Å². The summed E-state index contributed by atoms with van der Waals surface area (Å²) in [7, 11) is -8.91.